The van der Waals surface area contributed by atoms with Gasteiger partial charge in [-0.1, -0.05) is 0 Å². The molecule has 1 aromatic heterocycles. The van der Waals surface area contributed by atoms with Crippen LogP contribution in [0, 0.1) is 5.92 Å². The highest BCUT2D eigenvalue weighted by Gasteiger charge is 2.25. The third kappa shape index (κ3) is 3.81. The van der Waals surface area contributed by atoms with E-state index in [1.54, 1.807) is 6.07 Å². The monoisotopic (exact) mass is 265 g/mol. The second-order valence-corrected chi connectivity index (χ2v) is 4.71. The Morgan fingerprint density at radius 2 is 2.16 bits per heavy atom. The van der Waals surface area contributed by atoms with Gasteiger partial charge in [0.25, 0.3) is 0 Å². The number of aliphatic carboxylic acids is 1. The van der Waals surface area contributed by atoms with Gasteiger partial charge in [-0.2, -0.15) is 0 Å². The molecular formula is C13H19N3O3. The number of hydrogen-bond donors (Lipinski definition) is 2. The van der Waals surface area contributed by atoms with E-state index >= 15 is 0 Å². The van der Waals surface area contributed by atoms with Crippen LogP contribution in [-0.4, -0.2) is 33.7 Å². The number of hydrogen-bond acceptors (Lipinski definition) is 5. The second-order valence-electron chi connectivity index (χ2n) is 4.71. The fraction of sp³-hybridized carbons (Fsp3) is 0.615. The predicted octanol–water partition coefficient (Wildman–Crippen LogP) is 1.93. The first-order chi connectivity index (χ1) is 9.19. The zero-order chi connectivity index (χ0) is 13.7. The van der Waals surface area contributed by atoms with Crippen molar-refractivity contribution in [3.63, 3.8) is 0 Å². The highest BCUT2D eigenvalue weighted by molar-refractivity contribution is 5.70. The molecule has 0 atom stereocenters. The number of rotatable bonds is 5. The van der Waals surface area contributed by atoms with E-state index in [1.807, 2.05) is 6.92 Å². The van der Waals surface area contributed by atoms with Crippen molar-refractivity contribution < 1.29 is 14.6 Å². The van der Waals surface area contributed by atoms with Gasteiger partial charge in [-0.15, -0.1) is 0 Å². The summed E-state index contributed by atoms with van der Waals surface area (Å²) in [4.78, 5) is 19.0. The van der Waals surface area contributed by atoms with E-state index in [0.717, 1.165) is 31.5 Å². The number of nitrogens with one attached hydrogen (secondary N) is 1. The van der Waals surface area contributed by atoms with Crippen LogP contribution >= 0.6 is 0 Å². The average Bonchev–Trinajstić information content (AvgIpc) is 2.40. The van der Waals surface area contributed by atoms with Crippen LogP contribution in [-0.2, 0) is 4.79 Å². The van der Waals surface area contributed by atoms with Gasteiger partial charge in [0.05, 0.1) is 12.5 Å². The molecule has 1 saturated carbocycles. The van der Waals surface area contributed by atoms with E-state index in [2.05, 4.69) is 15.3 Å². The molecule has 2 rings (SSSR count). The van der Waals surface area contributed by atoms with Crippen LogP contribution in [0.15, 0.2) is 12.4 Å². The Morgan fingerprint density at radius 1 is 1.42 bits per heavy atom. The predicted molar refractivity (Wildman–Crippen MR) is 70.2 cm³/mol. The lowest BCUT2D eigenvalue weighted by Gasteiger charge is -2.27. The minimum Gasteiger partial charge on any atom is -0.481 e. The van der Waals surface area contributed by atoms with Crippen molar-refractivity contribution in [3.05, 3.63) is 12.4 Å². The van der Waals surface area contributed by atoms with Gasteiger partial charge in [-0.25, -0.2) is 9.97 Å². The molecule has 0 radical (unpaired) electrons. The Labute approximate surface area is 112 Å². The summed E-state index contributed by atoms with van der Waals surface area (Å²) in [5.41, 5.74) is 0. The number of carbonyl (C=O) groups is 1. The van der Waals surface area contributed by atoms with Crippen LogP contribution in [0.2, 0.25) is 0 Å². The van der Waals surface area contributed by atoms with Crippen molar-refractivity contribution in [1.29, 1.82) is 0 Å². The number of carboxylic acid groups (broad SMARTS) is 1. The van der Waals surface area contributed by atoms with Gasteiger partial charge in [-0.05, 0) is 32.6 Å². The van der Waals surface area contributed by atoms with Crippen LogP contribution in [0.3, 0.4) is 0 Å². The Balaban J connectivity index is 1.88. The number of nitrogens with zero attached hydrogens (tertiary/aromatic N) is 2. The van der Waals surface area contributed by atoms with Crippen molar-refractivity contribution in [3.8, 4) is 5.88 Å². The molecule has 0 saturated heterocycles. The Morgan fingerprint density at radius 3 is 2.79 bits per heavy atom. The average molecular weight is 265 g/mol. The Kier molecular flexibility index (Phi) is 4.54. The molecule has 0 aromatic carbocycles. The van der Waals surface area contributed by atoms with Crippen LogP contribution in [0.1, 0.15) is 32.6 Å². The van der Waals surface area contributed by atoms with E-state index in [9.17, 15) is 4.79 Å². The summed E-state index contributed by atoms with van der Waals surface area (Å²) in [5, 5.41) is 12.3. The molecule has 19 heavy (non-hydrogen) atoms. The number of aromatic nitrogens is 2. The molecule has 0 aliphatic heterocycles. The van der Waals surface area contributed by atoms with E-state index in [0.29, 0.717) is 12.5 Å². The molecule has 1 heterocycles. The number of carboxylic acids is 1. The standard InChI is InChI=1S/C13H19N3O3/c1-2-19-12-7-11(14-8-15-12)16-10-5-3-9(4-6-10)13(17)18/h7-10H,2-6H2,1H3,(H,17,18)(H,14,15,16). The van der Waals surface area contributed by atoms with E-state index in [-0.39, 0.29) is 12.0 Å². The molecule has 104 valence electrons. The zero-order valence-electron chi connectivity index (χ0n) is 11.0. The third-order valence-electron chi connectivity index (χ3n) is 3.36. The van der Waals surface area contributed by atoms with Crippen molar-refractivity contribution in [2.45, 2.75) is 38.6 Å². The van der Waals surface area contributed by atoms with Crippen LogP contribution in [0.25, 0.3) is 0 Å². The second kappa shape index (κ2) is 6.36. The molecule has 6 heteroatoms. The molecular weight excluding hydrogens is 246 g/mol. The highest BCUT2D eigenvalue weighted by atomic mass is 16.5. The molecule has 6 nitrogen and oxygen atoms in total. The molecule has 2 N–H and O–H groups in total. The van der Waals surface area contributed by atoms with Crippen molar-refractivity contribution in [2.24, 2.45) is 5.92 Å². The molecule has 0 amide bonds. The Bertz CT molecular complexity index is 431. The lowest BCUT2D eigenvalue weighted by molar-refractivity contribution is -0.142. The van der Waals surface area contributed by atoms with E-state index in [4.69, 9.17) is 9.84 Å². The van der Waals surface area contributed by atoms with Gasteiger partial charge >= 0.3 is 5.97 Å². The highest BCUT2D eigenvalue weighted by Crippen LogP contribution is 2.26. The fourth-order valence-corrected chi connectivity index (χ4v) is 2.34. The first kappa shape index (κ1) is 13.6. The third-order valence-corrected chi connectivity index (χ3v) is 3.36. The summed E-state index contributed by atoms with van der Waals surface area (Å²) >= 11 is 0. The lowest BCUT2D eigenvalue weighted by atomic mass is 9.86. The maximum absolute atomic E-state index is 10.9. The fourth-order valence-electron chi connectivity index (χ4n) is 2.34. The normalized spacial score (nSPS) is 22.8. The molecule has 0 unspecified atom stereocenters. The van der Waals surface area contributed by atoms with Gasteiger partial charge in [0.2, 0.25) is 5.88 Å². The van der Waals surface area contributed by atoms with Gasteiger partial charge < -0.3 is 15.2 Å². The topological polar surface area (TPSA) is 84.3 Å². The van der Waals surface area contributed by atoms with Crippen LogP contribution in [0.5, 0.6) is 5.88 Å². The van der Waals surface area contributed by atoms with Crippen LogP contribution < -0.4 is 10.1 Å². The van der Waals surface area contributed by atoms with Gasteiger partial charge in [-0.3, -0.25) is 4.79 Å². The zero-order valence-corrected chi connectivity index (χ0v) is 11.0. The van der Waals surface area contributed by atoms with Gasteiger partial charge in [0.1, 0.15) is 12.1 Å². The van der Waals surface area contributed by atoms with E-state index < -0.39 is 5.97 Å². The molecule has 1 aromatic rings. The number of anilines is 1. The summed E-state index contributed by atoms with van der Waals surface area (Å²) in [7, 11) is 0. The Hall–Kier alpha value is -1.85. The smallest absolute Gasteiger partial charge is 0.306 e. The maximum atomic E-state index is 10.9. The molecule has 1 fully saturated rings. The largest absolute Gasteiger partial charge is 0.481 e. The molecule has 0 bridgehead atoms. The minimum absolute atomic E-state index is 0.192. The van der Waals surface area contributed by atoms with Crippen molar-refractivity contribution >= 4 is 11.8 Å². The van der Waals surface area contributed by atoms with E-state index in [1.165, 1.54) is 6.33 Å². The summed E-state index contributed by atoms with van der Waals surface area (Å²) in [6, 6.07) is 2.05. The summed E-state index contributed by atoms with van der Waals surface area (Å²) in [5.74, 6) is 0.415. The molecule has 1 aliphatic carbocycles. The molecule has 0 spiro atoms. The summed E-state index contributed by atoms with van der Waals surface area (Å²) in [6.07, 6.45) is 4.61. The van der Waals surface area contributed by atoms with Crippen LogP contribution in [0.4, 0.5) is 5.82 Å². The lowest BCUT2D eigenvalue weighted by Crippen LogP contribution is -2.29. The minimum atomic E-state index is -0.681. The summed E-state index contributed by atoms with van der Waals surface area (Å²) < 4.78 is 5.32. The first-order valence-electron chi connectivity index (χ1n) is 6.63. The number of ether oxygens (including phenoxy) is 1. The SMILES string of the molecule is CCOc1cc(NC2CCC(C(=O)O)CC2)ncn1. The van der Waals surface area contributed by atoms with Gasteiger partial charge in [0.15, 0.2) is 0 Å². The van der Waals surface area contributed by atoms with Gasteiger partial charge in [0, 0.05) is 12.1 Å². The summed E-state index contributed by atoms with van der Waals surface area (Å²) in [6.45, 7) is 2.47. The maximum Gasteiger partial charge on any atom is 0.306 e. The first-order valence-corrected chi connectivity index (χ1v) is 6.63. The quantitative estimate of drug-likeness (QED) is 0.846. The van der Waals surface area contributed by atoms with Crippen molar-refractivity contribution in [2.75, 3.05) is 11.9 Å². The molecule has 1 aliphatic rings. The van der Waals surface area contributed by atoms with Crippen molar-refractivity contribution in [1.82, 2.24) is 9.97 Å².